The quantitative estimate of drug-likeness (QED) is 0.420. The lowest BCUT2D eigenvalue weighted by Gasteiger charge is -2.38. The van der Waals surface area contributed by atoms with Crippen LogP contribution in [0.25, 0.3) is 0 Å². The van der Waals surface area contributed by atoms with Crippen LogP contribution in [0.2, 0.25) is 0 Å². The maximum absolute atomic E-state index is 13.5. The minimum Gasteiger partial charge on any atom is -0.481 e. The maximum atomic E-state index is 13.5. The molecule has 1 aliphatic rings. The van der Waals surface area contributed by atoms with Crippen molar-refractivity contribution in [3.63, 3.8) is 0 Å². The van der Waals surface area contributed by atoms with Crippen molar-refractivity contribution in [2.24, 2.45) is 0 Å². The monoisotopic (exact) mass is 458 g/mol. The van der Waals surface area contributed by atoms with Gasteiger partial charge in [-0.3, -0.25) is 9.69 Å². The van der Waals surface area contributed by atoms with Gasteiger partial charge in [-0.2, -0.15) is 0 Å². The third kappa shape index (κ3) is 4.59. The Morgan fingerprint density at radius 3 is 2.67 bits per heavy atom. The van der Waals surface area contributed by atoms with Crippen molar-refractivity contribution in [1.82, 2.24) is 10.5 Å². The fourth-order valence-corrected chi connectivity index (χ4v) is 4.10. The summed E-state index contributed by atoms with van der Waals surface area (Å²) in [4.78, 5) is 15.4. The van der Waals surface area contributed by atoms with Crippen molar-refractivity contribution in [3.8, 4) is 18.1 Å². The van der Waals surface area contributed by atoms with Gasteiger partial charge in [-0.05, 0) is 44.3 Å². The third-order valence-corrected chi connectivity index (χ3v) is 5.45. The number of amides is 1. The van der Waals surface area contributed by atoms with Gasteiger partial charge in [0, 0.05) is 23.0 Å². The topological polar surface area (TPSA) is 79.6 Å². The number of carbonyl (C=O) groups is 1. The van der Waals surface area contributed by atoms with E-state index in [4.69, 9.17) is 27.9 Å². The number of para-hydroxylation sites is 2. The van der Waals surface area contributed by atoms with Crippen molar-refractivity contribution < 1.29 is 14.1 Å². The van der Waals surface area contributed by atoms with E-state index in [9.17, 15) is 4.79 Å². The minimum absolute atomic E-state index is 0.104. The number of thiocarbonyl (C=S) groups is 1. The standard InChI is InChI=1S/C25H22N4O3S/c1-4-14-31-20-13-9-8-12-19(20)23-22(24(30)26-21-15-16(2)32-28-21)17(3)29(25(33)27-23)18-10-6-5-7-11-18/h1,5-13,15,23H,14H2,2-3H3,(H,27,33)(H,26,28,30). The zero-order chi connectivity index (χ0) is 23.4. The number of hydrogen-bond donors (Lipinski definition) is 2. The second kappa shape index (κ2) is 9.59. The van der Waals surface area contributed by atoms with E-state index in [0.29, 0.717) is 33.7 Å². The predicted molar refractivity (Wildman–Crippen MR) is 131 cm³/mol. The number of terminal acetylenes is 1. The maximum Gasteiger partial charge on any atom is 0.257 e. The van der Waals surface area contributed by atoms with E-state index < -0.39 is 6.04 Å². The highest BCUT2D eigenvalue weighted by Gasteiger charge is 2.36. The van der Waals surface area contributed by atoms with Gasteiger partial charge in [0.15, 0.2) is 10.9 Å². The van der Waals surface area contributed by atoms with Crippen molar-refractivity contribution in [3.05, 3.63) is 83.3 Å². The molecule has 1 aliphatic heterocycles. The average molecular weight is 459 g/mol. The number of aryl methyl sites for hydroxylation is 1. The molecule has 0 spiro atoms. The zero-order valence-electron chi connectivity index (χ0n) is 18.2. The Kier molecular flexibility index (Phi) is 6.43. The lowest BCUT2D eigenvalue weighted by atomic mass is 9.93. The molecule has 0 aliphatic carbocycles. The van der Waals surface area contributed by atoms with Gasteiger partial charge < -0.3 is 19.9 Å². The first-order valence-corrected chi connectivity index (χ1v) is 10.7. The second-order valence-electron chi connectivity index (χ2n) is 7.36. The highest BCUT2D eigenvalue weighted by atomic mass is 32.1. The summed E-state index contributed by atoms with van der Waals surface area (Å²) in [5.41, 5.74) is 2.72. The molecule has 3 aromatic rings. The van der Waals surface area contributed by atoms with Crippen LogP contribution < -0.4 is 20.3 Å². The average Bonchev–Trinajstić information content (AvgIpc) is 3.22. The number of rotatable bonds is 6. The van der Waals surface area contributed by atoms with Gasteiger partial charge in [-0.1, -0.05) is 47.5 Å². The summed E-state index contributed by atoms with van der Waals surface area (Å²) in [5.74, 6) is 3.62. The molecule has 2 aromatic carbocycles. The fourth-order valence-electron chi connectivity index (χ4n) is 3.74. The van der Waals surface area contributed by atoms with E-state index in [1.54, 1.807) is 13.0 Å². The first-order valence-electron chi connectivity index (χ1n) is 10.3. The molecule has 1 atom stereocenters. The van der Waals surface area contributed by atoms with E-state index in [2.05, 4.69) is 21.7 Å². The molecule has 166 valence electrons. The lowest BCUT2D eigenvalue weighted by Crippen LogP contribution is -2.48. The summed E-state index contributed by atoms with van der Waals surface area (Å²) < 4.78 is 10.9. The molecule has 0 radical (unpaired) electrons. The number of hydrogen-bond acceptors (Lipinski definition) is 5. The molecule has 4 rings (SSSR count). The highest BCUT2D eigenvalue weighted by molar-refractivity contribution is 7.80. The smallest absolute Gasteiger partial charge is 0.257 e. The first kappa shape index (κ1) is 22.1. The van der Waals surface area contributed by atoms with Crippen LogP contribution in [0.5, 0.6) is 5.75 Å². The number of benzene rings is 2. The van der Waals surface area contributed by atoms with Gasteiger partial charge in [0.05, 0.1) is 11.6 Å². The molecule has 33 heavy (non-hydrogen) atoms. The number of allylic oxidation sites excluding steroid dienone is 1. The van der Waals surface area contributed by atoms with Crippen molar-refractivity contribution >= 4 is 34.7 Å². The molecule has 1 unspecified atom stereocenters. The van der Waals surface area contributed by atoms with Crippen LogP contribution in [0, 0.1) is 19.3 Å². The Balaban J connectivity index is 1.82. The molecule has 0 saturated heterocycles. The van der Waals surface area contributed by atoms with E-state index in [-0.39, 0.29) is 12.5 Å². The molecule has 2 N–H and O–H groups in total. The number of nitrogens with one attached hydrogen (secondary N) is 2. The summed E-state index contributed by atoms with van der Waals surface area (Å²) in [6, 6.07) is 18.1. The van der Waals surface area contributed by atoms with Crippen molar-refractivity contribution in [1.29, 1.82) is 0 Å². The Hall–Kier alpha value is -4.09. The van der Waals surface area contributed by atoms with Crippen LogP contribution in [0.15, 0.2) is 76.5 Å². The molecule has 2 heterocycles. The number of ether oxygens (including phenoxy) is 1. The number of nitrogens with zero attached hydrogens (tertiary/aromatic N) is 2. The van der Waals surface area contributed by atoms with E-state index in [1.165, 1.54) is 0 Å². The van der Waals surface area contributed by atoms with Gasteiger partial charge >= 0.3 is 0 Å². The van der Waals surface area contributed by atoms with Gasteiger partial charge in [0.1, 0.15) is 18.1 Å². The molecule has 1 aromatic heterocycles. The molecule has 0 saturated carbocycles. The van der Waals surface area contributed by atoms with Crippen LogP contribution in [0.1, 0.15) is 24.3 Å². The fraction of sp³-hybridized carbons (Fsp3) is 0.160. The van der Waals surface area contributed by atoms with Crippen molar-refractivity contribution in [2.75, 3.05) is 16.8 Å². The molecule has 1 amide bonds. The predicted octanol–water partition coefficient (Wildman–Crippen LogP) is 4.34. The van der Waals surface area contributed by atoms with Crippen LogP contribution in [0.4, 0.5) is 11.5 Å². The number of anilines is 2. The molecular formula is C25H22N4O3S. The summed E-state index contributed by atoms with van der Waals surface area (Å²) in [5, 5.41) is 10.5. The van der Waals surface area contributed by atoms with E-state index in [1.807, 2.05) is 66.4 Å². The molecule has 0 bridgehead atoms. The Morgan fingerprint density at radius 1 is 1.24 bits per heavy atom. The number of carbonyl (C=O) groups excluding carboxylic acids is 1. The number of aromatic nitrogens is 1. The first-order chi connectivity index (χ1) is 16.0. The Morgan fingerprint density at radius 2 is 1.97 bits per heavy atom. The van der Waals surface area contributed by atoms with E-state index >= 15 is 0 Å². The molecule has 7 nitrogen and oxygen atoms in total. The normalized spacial score (nSPS) is 15.6. The SMILES string of the molecule is C#CCOc1ccccc1C1NC(=S)N(c2ccccc2)C(C)=C1C(=O)Nc1cc(C)on1. The summed E-state index contributed by atoms with van der Waals surface area (Å²) >= 11 is 5.72. The summed E-state index contributed by atoms with van der Waals surface area (Å²) in [7, 11) is 0. The van der Waals surface area contributed by atoms with Crippen LogP contribution in [-0.2, 0) is 4.79 Å². The van der Waals surface area contributed by atoms with Crippen LogP contribution in [-0.4, -0.2) is 22.8 Å². The Labute approximate surface area is 197 Å². The van der Waals surface area contributed by atoms with Gasteiger partial charge in [0.2, 0.25) is 0 Å². The van der Waals surface area contributed by atoms with Gasteiger partial charge in [-0.15, -0.1) is 6.42 Å². The summed E-state index contributed by atoms with van der Waals surface area (Å²) in [6.07, 6.45) is 5.39. The molecule has 8 heteroatoms. The van der Waals surface area contributed by atoms with Crippen LogP contribution in [0.3, 0.4) is 0 Å². The molecular weight excluding hydrogens is 436 g/mol. The summed E-state index contributed by atoms with van der Waals surface area (Å²) in [6.45, 7) is 3.72. The largest absolute Gasteiger partial charge is 0.481 e. The lowest BCUT2D eigenvalue weighted by molar-refractivity contribution is -0.113. The van der Waals surface area contributed by atoms with Crippen molar-refractivity contribution in [2.45, 2.75) is 19.9 Å². The molecule has 0 fully saturated rings. The highest BCUT2D eigenvalue weighted by Crippen LogP contribution is 2.37. The van der Waals surface area contributed by atoms with Crippen LogP contribution >= 0.6 is 12.2 Å². The Bertz CT molecular complexity index is 1260. The third-order valence-electron chi connectivity index (χ3n) is 5.15. The minimum atomic E-state index is -0.570. The van der Waals surface area contributed by atoms with Gasteiger partial charge in [0.25, 0.3) is 5.91 Å². The second-order valence-corrected chi connectivity index (χ2v) is 7.75. The van der Waals surface area contributed by atoms with Gasteiger partial charge in [-0.25, -0.2) is 0 Å². The zero-order valence-corrected chi connectivity index (χ0v) is 19.0. The van der Waals surface area contributed by atoms with E-state index in [0.717, 1.165) is 11.3 Å².